The van der Waals surface area contributed by atoms with Gasteiger partial charge in [-0.05, 0) is 24.5 Å². The van der Waals surface area contributed by atoms with E-state index in [-0.39, 0.29) is 6.04 Å². The summed E-state index contributed by atoms with van der Waals surface area (Å²) in [5.74, 6) is 0.864. The fourth-order valence-corrected chi connectivity index (χ4v) is 11.4. The van der Waals surface area contributed by atoms with E-state index in [4.69, 9.17) is 9.73 Å². The molecule has 1 aromatic carbocycles. The Labute approximate surface area is 286 Å². The summed E-state index contributed by atoms with van der Waals surface area (Å²) in [6.07, 6.45) is 13.7. The number of hydrogen-bond acceptors (Lipinski definition) is 6. The van der Waals surface area contributed by atoms with Crippen molar-refractivity contribution in [2.45, 2.75) is 104 Å². The van der Waals surface area contributed by atoms with Crippen LogP contribution in [0.4, 0.5) is 0 Å². The van der Waals surface area contributed by atoms with Crippen molar-refractivity contribution in [1.29, 1.82) is 0 Å². The molecule has 1 fully saturated rings. The van der Waals surface area contributed by atoms with Gasteiger partial charge in [0.15, 0.2) is 0 Å². The second-order valence-electron chi connectivity index (χ2n) is 14.4. The van der Waals surface area contributed by atoms with Crippen molar-refractivity contribution in [1.82, 2.24) is 4.90 Å². The number of alkyl halides is 2. The number of benzene rings is 1. The third-order valence-electron chi connectivity index (χ3n) is 9.38. The Balaban J connectivity index is 1.63. The molecule has 2 heterocycles. The van der Waals surface area contributed by atoms with Gasteiger partial charge in [0.1, 0.15) is 6.34 Å². The first-order chi connectivity index (χ1) is 21.9. The van der Waals surface area contributed by atoms with Crippen LogP contribution in [-0.4, -0.2) is 80.2 Å². The van der Waals surface area contributed by atoms with Gasteiger partial charge < -0.3 is 4.74 Å². The Morgan fingerprint density at radius 1 is 1.20 bits per heavy atom. The van der Waals surface area contributed by atoms with Gasteiger partial charge in [0.2, 0.25) is 0 Å². The number of piperidine rings is 1. The number of aliphatic imine (C=N–C) groups is 2. The Kier molecular flexibility index (Phi) is 13.6. The molecule has 0 radical (unpaired) electrons. The molecule has 0 aromatic heterocycles. The van der Waals surface area contributed by atoms with Crippen molar-refractivity contribution >= 4 is 41.2 Å². The fourth-order valence-electron chi connectivity index (χ4n) is 7.13. The van der Waals surface area contributed by atoms with Crippen LogP contribution >= 0.6 is 19.8 Å². The molecule has 3 aliphatic rings. The van der Waals surface area contributed by atoms with E-state index in [1.165, 1.54) is 33.4 Å². The molecule has 1 atom stereocenters. The summed E-state index contributed by atoms with van der Waals surface area (Å²) in [5, 5.41) is 10.2. The standard InChI is InChI=1S/C39H58IN3O3/c1-9-11-34(31-12-10-13-33-22-36(42-26-41-33)32(20-31)24-46-8)38(27(2)3)35-21-30(15-14-28(35)4)29-16-18-43(19-17-29)23-37(44)40(7)25-39(5,6)45/h12,14-15,20-21,26-27,29,33,45H,9-11,13,16-19,22-25H2,1-8H3/b31-12+,32-20-,38-34+. The van der Waals surface area contributed by atoms with Crippen molar-refractivity contribution in [3.8, 4) is 0 Å². The molecule has 2 aliphatic heterocycles. The average molecular weight is 744 g/mol. The van der Waals surface area contributed by atoms with E-state index < -0.39 is 25.4 Å². The van der Waals surface area contributed by atoms with E-state index >= 15 is 0 Å². The van der Waals surface area contributed by atoms with Crippen molar-refractivity contribution < 1.29 is 14.6 Å². The number of carbonyl (C=O) groups excluding carboxylic acids is 1. The zero-order valence-electron chi connectivity index (χ0n) is 29.7. The Hall–Kier alpha value is -1.94. The molecule has 1 aliphatic carbocycles. The van der Waals surface area contributed by atoms with Crippen LogP contribution in [0.15, 0.2) is 57.1 Å². The van der Waals surface area contributed by atoms with Gasteiger partial charge in [0.25, 0.3) is 0 Å². The van der Waals surface area contributed by atoms with Crippen molar-refractivity contribution in [2.75, 3.05) is 42.7 Å². The number of likely N-dealkylation sites (tertiary alicyclic amines) is 1. The zero-order valence-corrected chi connectivity index (χ0v) is 31.8. The van der Waals surface area contributed by atoms with Gasteiger partial charge in [-0.1, -0.05) is 19.4 Å². The van der Waals surface area contributed by atoms with Gasteiger partial charge >= 0.3 is 190 Å². The number of aliphatic hydroxyl groups is 1. The molecule has 7 heteroatoms. The molecule has 254 valence electrons. The number of allylic oxidation sites excluding steroid dienone is 5. The number of aryl methyl sites for hydroxylation is 1. The maximum absolute atomic E-state index is 13.0. The average Bonchev–Trinajstić information content (AvgIpc) is 3.05. The molecular weight excluding hydrogens is 685 g/mol. The second-order valence-corrected chi connectivity index (χ2v) is 19.7. The minimum atomic E-state index is -1.81. The van der Waals surface area contributed by atoms with Gasteiger partial charge in [-0.15, -0.1) is 0 Å². The number of fused-ring (bicyclic) bond motifs is 2. The van der Waals surface area contributed by atoms with E-state index in [9.17, 15) is 9.90 Å². The SMILES string of the molecule is CCCC(/C1=C/CCC2CC(=NC=N2)/C(COC)=C\1)=C(\c1cc(C2CCN(CC(=O)I(C)CC(C)(C)O)CC2)ccc1C)C(C)C. The summed E-state index contributed by atoms with van der Waals surface area (Å²) < 4.78 is 6.74. The van der Waals surface area contributed by atoms with Crippen molar-refractivity contribution in [2.24, 2.45) is 15.9 Å². The van der Waals surface area contributed by atoms with Crippen LogP contribution in [0.5, 0.6) is 0 Å². The summed E-state index contributed by atoms with van der Waals surface area (Å²) in [4.78, 5) is 26.8. The van der Waals surface area contributed by atoms with E-state index in [1.54, 1.807) is 13.4 Å². The first-order valence-electron chi connectivity index (χ1n) is 17.3. The molecule has 4 rings (SSSR count). The number of ether oxygens (including phenoxy) is 1. The van der Waals surface area contributed by atoms with Crippen LogP contribution in [0.2, 0.25) is 0 Å². The molecule has 46 heavy (non-hydrogen) atoms. The normalized spacial score (nSPS) is 23.0. The first-order valence-corrected chi connectivity index (χ1v) is 22.0. The van der Waals surface area contributed by atoms with Crippen molar-refractivity contribution in [3.05, 3.63) is 63.8 Å². The molecule has 2 bridgehead atoms. The van der Waals surface area contributed by atoms with Crippen LogP contribution in [0.3, 0.4) is 0 Å². The maximum atomic E-state index is 13.0. The summed E-state index contributed by atoms with van der Waals surface area (Å²) >= 11 is -1.81. The molecule has 1 aromatic rings. The number of halogens is 1. The molecule has 1 N–H and O–H groups in total. The van der Waals surface area contributed by atoms with Gasteiger partial charge in [-0.2, -0.15) is 0 Å². The monoisotopic (exact) mass is 743 g/mol. The molecule has 1 saturated heterocycles. The third-order valence-corrected chi connectivity index (χ3v) is 14.8. The molecule has 0 amide bonds. The van der Waals surface area contributed by atoms with Gasteiger partial charge in [-0.25, -0.2) is 4.99 Å². The predicted molar refractivity (Wildman–Crippen MR) is 204 cm³/mol. The van der Waals surface area contributed by atoms with Crippen LogP contribution in [0, 0.1) is 12.8 Å². The predicted octanol–water partition coefficient (Wildman–Crippen LogP) is 8.35. The van der Waals surface area contributed by atoms with Crippen LogP contribution in [0.1, 0.15) is 102 Å². The summed E-state index contributed by atoms with van der Waals surface area (Å²) in [6, 6.07) is 7.45. The zero-order chi connectivity index (χ0) is 33.4. The Bertz CT molecular complexity index is 1370. The topological polar surface area (TPSA) is 74.5 Å². The third kappa shape index (κ3) is 10.0. The molecule has 6 nitrogen and oxygen atoms in total. The Morgan fingerprint density at radius 3 is 2.59 bits per heavy atom. The van der Waals surface area contributed by atoms with E-state index in [1.807, 2.05) is 13.8 Å². The van der Waals surface area contributed by atoms with E-state index in [0.29, 0.717) is 33.2 Å². The number of hydrogen-bond donors (Lipinski definition) is 1. The van der Waals surface area contributed by atoms with Crippen LogP contribution < -0.4 is 0 Å². The number of nitrogens with zero attached hydrogens (tertiary/aromatic N) is 3. The number of methoxy groups -OCH3 is 1. The fraction of sp³-hybridized carbons (Fsp3) is 0.615. The van der Waals surface area contributed by atoms with Gasteiger partial charge in [-0.3, -0.25) is 4.99 Å². The van der Waals surface area contributed by atoms with E-state index in [0.717, 1.165) is 69.3 Å². The number of rotatable bonds is 13. The molecule has 0 spiro atoms. The molecular formula is C39H58IN3O3. The Morgan fingerprint density at radius 2 is 1.93 bits per heavy atom. The van der Waals surface area contributed by atoms with Crippen LogP contribution in [-0.2, 0) is 9.53 Å². The second kappa shape index (κ2) is 16.9. The summed E-state index contributed by atoms with van der Waals surface area (Å²) in [7, 11) is 1.77. The number of carbonyl (C=O) groups is 1. The van der Waals surface area contributed by atoms with Crippen molar-refractivity contribution in [3.63, 3.8) is 0 Å². The van der Waals surface area contributed by atoms with Crippen LogP contribution in [0.25, 0.3) is 5.57 Å². The molecule has 0 saturated carbocycles. The molecule has 1 unspecified atom stereocenters. The van der Waals surface area contributed by atoms with Gasteiger partial charge in [0, 0.05) is 19.2 Å². The minimum absolute atomic E-state index is 0.286. The van der Waals surface area contributed by atoms with E-state index in [2.05, 4.69) is 72.9 Å². The first kappa shape index (κ1) is 36.9. The summed E-state index contributed by atoms with van der Waals surface area (Å²) in [5.41, 5.74) is 9.87. The van der Waals surface area contributed by atoms with Gasteiger partial charge in [0.05, 0.1) is 12.6 Å². The quantitative estimate of drug-likeness (QED) is 0.125. The summed E-state index contributed by atoms with van der Waals surface area (Å²) in [6.45, 7) is 15.9.